The van der Waals surface area contributed by atoms with E-state index in [4.69, 9.17) is 17.3 Å². The van der Waals surface area contributed by atoms with Crippen LogP contribution in [0.25, 0.3) is 0 Å². The van der Waals surface area contributed by atoms with Gasteiger partial charge in [-0.15, -0.1) is 0 Å². The summed E-state index contributed by atoms with van der Waals surface area (Å²) in [6.07, 6.45) is 6.13. The second-order valence-electron chi connectivity index (χ2n) is 6.22. The van der Waals surface area contributed by atoms with E-state index in [0.717, 1.165) is 37.1 Å². The van der Waals surface area contributed by atoms with Gasteiger partial charge in [-0.05, 0) is 50.3 Å². The topological polar surface area (TPSA) is 67.2 Å². The Hall–Kier alpha value is -1.26. The molecule has 0 heterocycles. The highest BCUT2D eigenvalue weighted by Gasteiger charge is 2.27. The van der Waals surface area contributed by atoms with Crippen LogP contribution >= 0.6 is 11.6 Å². The van der Waals surface area contributed by atoms with E-state index >= 15 is 0 Å². The number of halogens is 1. The molecule has 2 aliphatic carbocycles. The summed E-state index contributed by atoms with van der Waals surface area (Å²) in [5, 5.41) is 7.10. The Morgan fingerprint density at radius 1 is 1.19 bits per heavy atom. The molecule has 0 radical (unpaired) electrons. The van der Waals surface area contributed by atoms with E-state index in [0.29, 0.717) is 11.1 Å². The molecule has 2 saturated carbocycles. The van der Waals surface area contributed by atoms with Crippen molar-refractivity contribution >= 4 is 28.9 Å². The van der Waals surface area contributed by atoms with Crippen LogP contribution < -0.4 is 16.4 Å². The first kappa shape index (κ1) is 14.7. The molecule has 1 aromatic carbocycles. The summed E-state index contributed by atoms with van der Waals surface area (Å²) in [7, 11) is 0. The van der Waals surface area contributed by atoms with Crippen LogP contribution in [-0.2, 0) is 4.79 Å². The normalized spacial score (nSPS) is 25.4. The summed E-state index contributed by atoms with van der Waals surface area (Å²) in [4.78, 5) is 12.4. The van der Waals surface area contributed by atoms with Gasteiger partial charge in [0.15, 0.2) is 0 Å². The van der Waals surface area contributed by atoms with Crippen molar-refractivity contribution in [2.24, 2.45) is 11.7 Å². The van der Waals surface area contributed by atoms with Crippen molar-refractivity contribution in [3.8, 4) is 0 Å². The van der Waals surface area contributed by atoms with Crippen molar-refractivity contribution in [3.05, 3.63) is 23.2 Å². The quantitative estimate of drug-likeness (QED) is 0.799. The van der Waals surface area contributed by atoms with Gasteiger partial charge in [0, 0.05) is 23.0 Å². The summed E-state index contributed by atoms with van der Waals surface area (Å²) in [6, 6.07) is 6.27. The lowest BCUT2D eigenvalue weighted by atomic mass is 9.85. The molecule has 1 aromatic rings. The smallest absolute Gasteiger partial charge is 0.227 e. The summed E-state index contributed by atoms with van der Waals surface area (Å²) in [5.74, 6) is 0.0766. The predicted molar refractivity (Wildman–Crippen MR) is 86.7 cm³/mol. The molecule has 2 aliphatic rings. The van der Waals surface area contributed by atoms with Gasteiger partial charge < -0.3 is 16.4 Å². The first-order valence-electron chi connectivity index (χ1n) is 7.74. The van der Waals surface area contributed by atoms with Crippen molar-refractivity contribution in [3.63, 3.8) is 0 Å². The number of carbonyl (C=O) groups is 1. The van der Waals surface area contributed by atoms with Crippen molar-refractivity contribution in [2.45, 2.75) is 50.6 Å². The Balaban J connectivity index is 1.70. The second kappa shape index (κ2) is 6.24. The molecule has 3 rings (SSSR count). The lowest BCUT2D eigenvalue weighted by molar-refractivity contribution is -0.120. The molecule has 4 nitrogen and oxygen atoms in total. The first-order chi connectivity index (χ1) is 10.1. The predicted octanol–water partition coefficient (Wildman–Crippen LogP) is 3.37. The highest BCUT2D eigenvalue weighted by atomic mass is 35.5. The fourth-order valence-corrected chi connectivity index (χ4v) is 3.07. The molecule has 5 heteroatoms. The van der Waals surface area contributed by atoms with E-state index in [1.165, 1.54) is 12.8 Å². The second-order valence-corrected chi connectivity index (χ2v) is 6.66. The Morgan fingerprint density at radius 3 is 2.71 bits per heavy atom. The van der Waals surface area contributed by atoms with E-state index in [2.05, 4.69) is 10.6 Å². The molecule has 0 saturated heterocycles. The fraction of sp³-hybridized carbons (Fsp3) is 0.562. The molecule has 1 amide bonds. The zero-order chi connectivity index (χ0) is 14.8. The third-order valence-corrected chi connectivity index (χ3v) is 4.50. The average molecular weight is 308 g/mol. The maximum absolute atomic E-state index is 12.4. The highest BCUT2D eigenvalue weighted by Crippen LogP contribution is 2.32. The number of benzene rings is 1. The summed E-state index contributed by atoms with van der Waals surface area (Å²) >= 11 is 6.06. The van der Waals surface area contributed by atoms with Gasteiger partial charge in [-0.3, -0.25) is 4.79 Å². The molecule has 2 unspecified atom stereocenters. The van der Waals surface area contributed by atoms with Crippen LogP contribution in [0.4, 0.5) is 11.4 Å². The number of hydrogen-bond donors (Lipinski definition) is 3. The number of nitrogens with two attached hydrogens (primary N) is 1. The van der Waals surface area contributed by atoms with Gasteiger partial charge in [-0.1, -0.05) is 18.0 Å². The van der Waals surface area contributed by atoms with Crippen LogP contribution in [0.5, 0.6) is 0 Å². The van der Waals surface area contributed by atoms with Crippen LogP contribution in [0.3, 0.4) is 0 Å². The average Bonchev–Trinajstić information content (AvgIpc) is 3.26. The van der Waals surface area contributed by atoms with Crippen LogP contribution in [0.2, 0.25) is 5.02 Å². The number of anilines is 2. The standard InChI is InChI=1S/C16H22ClN3O/c17-11-4-7-14(19-13-5-6-13)15(9-11)20-16(21)10-2-1-3-12(18)8-10/h4,7,9-10,12-13,19H,1-3,5-6,8,18H2,(H,20,21). The van der Waals surface area contributed by atoms with Crippen molar-refractivity contribution in [1.29, 1.82) is 0 Å². The Morgan fingerprint density at radius 2 is 2.00 bits per heavy atom. The summed E-state index contributed by atoms with van der Waals surface area (Å²) < 4.78 is 0. The SMILES string of the molecule is NC1CCCC(C(=O)Nc2cc(Cl)ccc2NC2CC2)C1. The molecule has 2 fully saturated rings. The van der Waals surface area contributed by atoms with Gasteiger partial charge in [0.05, 0.1) is 11.4 Å². The highest BCUT2D eigenvalue weighted by molar-refractivity contribution is 6.31. The first-order valence-corrected chi connectivity index (χ1v) is 8.12. The monoisotopic (exact) mass is 307 g/mol. The van der Waals surface area contributed by atoms with Crippen LogP contribution in [0, 0.1) is 5.92 Å². The van der Waals surface area contributed by atoms with Gasteiger partial charge >= 0.3 is 0 Å². The van der Waals surface area contributed by atoms with Crippen molar-refractivity contribution < 1.29 is 4.79 Å². The molecule has 21 heavy (non-hydrogen) atoms. The van der Waals surface area contributed by atoms with E-state index in [-0.39, 0.29) is 17.9 Å². The molecule has 114 valence electrons. The zero-order valence-corrected chi connectivity index (χ0v) is 12.8. The maximum Gasteiger partial charge on any atom is 0.227 e. The molecule has 2 atom stereocenters. The molecular formula is C16H22ClN3O. The van der Waals surface area contributed by atoms with Crippen LogP contribution in [0.15, 0.2) is 18.2 Å². The van der Waals surface area contributed by atoms with Gasteiger partial charge in [-0.25, -0.2) is 0 Å². The maximum atomic E-state index is 12.4. The third kappa shape index (κ3) is 3.89. The lowest BCUT2D eigenvalue weighted by Gasteiger charge is -2.26. The minimum atomic E-state index is 0.0153. The third-order valence-electron chi connectivity index (χ3n) is 4.26. The van der Waals surface area contributed by atoms with Gasteiger partial charge in [0.25, 0.3) is 0 Å². The summed E-state index contributed by atoms with van der Waals surface area (Å²) in [6.45, 7) is 0. The fourth-order valence-electron chi connectivity index (χ4n) is 2.89. The van der Waals surface area contributed by atoms with Gasteiger partial charge in [-0.2, -0.15) is 0 Å². The lowest BCUT2D eigenvalue weighted by Crippen LogP contribution is -2.34. The largest absolute Gasteiger partial charge is 0.381 e. The zero-order valence-electron chi connectivity index (χ0n) is 12.1. The Labute approximate surface area is 130 Å². The molecule has 0 spiro atoms. The van der Waals surface area contributed by atoms with Crippen LogP contribution in [0.1, 0.15) is 38.5 Å². The molecule has 0 bridgehead atoms. The summed E-state index contributed by atoms with van der Waals surface area (Å²) in [5.41, 5.74) is 7.70. The minimum Gasteiger partial charge on any atom is -0.381 e. The molecule has 4 N–H and O–H groups in total. The van der Waals surface area contributed by atoms with Crippen molar-refractivity contribution in [1.82, 2.24) is 0 Å². The Bertz CT molecular complexity index is 530. The van der Waals surface area contributed by atoms with Gasteiger partial charge in [0.2, 0.25) is 5.91 Å². The van der Waals surface area contributed by atoms with E-state index in [9.17, 15) is 4.79 Å². The number of carbonyl (C=O) groups excluding carboxylic acids is 1. The van der Waals surface area contributed by atoms with Crippen LogP contribution in [-0.4, -0.2) is 18.0 Å². The van der Waals surface area contributed by atoms with Crippen molar-refractivity contribution in [2.75, 3.05) is 10.6 Å². The number of amides is 1. The number of nitrogens with one attached hydrogen (secondary N) is 2. The minimum absolute atomic E-state index is 0.0153. The van der Waals surface area contributed by atoms with E-state index < -0.39 is 0 Å². The van der Waals surface area contributed by atoms with Gasteiger partial charge in [0.1, 0.15) is 0 Å². The molecule has 0 aromatic heterocycles. The van der Waals surface area contributed by atoms with E-state index in [1.807, 2.05) is 18.2 Å². The molecule has 0 aliphatic heterocycles. The van der Waals surface area contributed by atoms with E-state index in [1.54, 1.807) is 0 Å². The molecular weight excluding hydrogens is 286 g/mol. The number of rotatable bonds is 4. The Kier molecular flexibility index (Phi) is 4.36. The number of hydrogen-bond acceptors (Lipinski definition) is 3.